The number of nitrogens with one attached hydrogen (secondary N) is 1. The fourth-order valence-electron chi connectivity index (χ4n) is 4.13. The molecule has 166 valence electrons. The molecule has 4 rings (SSSR count). The molecular formula is C23H21ClN2O6. The molecule has 0 fully saturated rings. The normalized spacial score (nSPS) is 15.0. The zero-order chi connectivity index (χ0) is 23.0. The van der Waals surface area contributed by atoms with E-state index >= 15 is 0 Å². The number of ether oxygens (including phenoxy) is 3. The third-order valence-corrected chi connectivity index (χ3v) is 5.69. The molecule has 2 heterocycles. The highest BCUT2D eigenvalue weighted by Gasteiger charge is 2.36. The van der Waals surface area contributed by atoms with Gasteiger partial charge >= 0.3 is 5.97 Å². The van der Waals surface area contributed by atoms with E-state index in [4.69, 9.17) is 25.8 Å². The predicted octanol–water partition coefficient (Wildman–Crippen LogP) is 4.33. The number of carboxylic acid groups (broad SMARTS) is 1. The topological polar surface area (TPSA) is 99.0 Å². The second-order valence-electron chi connectivity index (χ2n) is 7.19. The Morgan fingerprint density at radius 1 is 1.12 bits per heavy atom. The van der Waals surface area contributed by atoms with E-state index in [0.29, 0.717) is 39.2 Å². The first-order valence-corrected chi connectivity index (χ1v) is 10.1. The Bertz CT molecular complexity index is 1220. The van der Waals surface area contributed by atoms with Crippen LogP contribution in [0.4, 0.5) is 5.69 Å². The van der Waals surface area contributed by atoms with E-state index in [-0.39, 0.29) is 23.6 Å². The molecule has 0 saturated carbocycles. The van der Waals surface area contributed by atoms with Gasteiger partial charge in [0.1, 0.15) is 5.56 Å². The molecule has 0 unspecified atom stereocenters. The molecule has 1 aliphatic heterocycles. The number of nitrogens with zero attached hydrogens (tertiary/aromatic N) is 1. The van der Waals surface area contributed by atoms with Crippen molar-refractivity contribution in [2.75, 3.05) is 26.6 Å². The van der Waals surface area contributed by atoms with E-state index in [1.165, 1.54) is 27.5 Å². The van der Waals surface area contributed by atoms with Crippen LogP contribution in [0.15, 0.2) is 42.6 Å². The average Bonchev–Trinajstić information content (AvgIpc) is 3.17. The van der Waals surface area contributed by atoms with Crippen molar-refractivity contribution in [2.24, 2.45) is 0 Å². The van der Waals surface area contributed by atoms with Gasteiger partial charge in [-0.05, 0) is 24.3 Å². The molecule has 32 heavy (non-hydrogen) atoms. The number of carbonyl (C=O) groups is 2. The Morgan fingerprint density at radius 2 is 1.88 bits per heavy atom. The van der Waals surface area contributed by atoms with Gasteiger partial charge in [0.25, 0.3) is 0 Å². The monoisotopic (exact) mass is 456 g/mol. The van der Waals surface area contributed by atoms with Crippen LogP contribution in [0, 0.1) is 0 Å². The van der Waals surface area contributed by atoms with Crippen LogP contribution in [0.25, 0.3) is 5.69 Å². The lowest BCUT2D eigenvalue weighted by molar-refractivity contribution is -0.116. The van der Waals surface area contributed by atoms with Crippen molar-refractivity contribution in [1.82, 2.24) is 4.57 Å². The van der Waals surface area contributed by atoms with Crippen molar-refractivity contribution in [2.45, 2.75) is 12.3 Å². The number of aromatic carboxylic acids is 1. The summed E-state index contributed by atoms with van der Waals surface area (Å²) < 4.78 is 18.3. The van der Waals surface area contributed by atoms with Crippen molar-refractivity contribution < 1.29 is 28.9 Å². The summed E-state index contributed by atoms with van der Waals surface area (Å²) >= 11 is 6.19. The molecule has 2 N–H and O–H groups in total. The maximum atomic E-state index is 12.6. The summed E-state index contributed by atoms with van der Waals surface area (Å²) in [6.45, 7) is 0. The molecule has 1 aliphatic rings. The van der Waals surface area contributed by atoms with Crippen molar-refractivity contribution in [3.63, 3.8) is 0 Å². The Hall–Kier alpha value is -3.65. The SMILES string of the molecule is COc1ccc([C@@H]2CC(=O)Nc3c(C(=O)O)cn(-c4cccc(Cl)c4)c32)c(OC)c1OC. The van der Waals surface area contributed by atoms with Crippen LogP contribution in [-0.4, -0.2) is 42.9 Å². The third kappa shape index (κ3) is 3.52. The second-order valence-corrected chi connectivity index (χ2v) is 7.62. The molecule has 0 bridgehead atoms. The smallest absolute Gasteiger partial charge is 0.339 e. The predicted molar refractivity (Wildman–Crippen MR) is 119 cm³/mol. The lowest BCUT2D eigenvalue weighted by Gasteiger charge is -2.28. The van der Waals surface area contributed by atoms with Crippen molar-refractivity contribution in [3.05, 3.63) is 64.4 Å². The molecule has 9 heteroatoms. The average molecular weight is 457 g/mol. The highest BCUT2D eigenvalue weighted by molar-refractivity contribution is 6.30. The number of carboxylic acids is 1. The molecule has 3 aromatic rings. The van der Waals surface area contributed by atoms with Gasteiger partial charge in [-0.3, -0.25) is 4.79 Å². The first kappa shape index (κ1) is 21.6. The lowest BCUT2D eigenvalue weighted by Crippen LogP contribution is -2.26. The number of hydrogen-bond donors (Lipinski definition) is 2. The number of fused-ring (bicyclic) bond motifs is 1. The second kappa shape index (κ2) is 8.47. The van der Waals surface area contributed by atoms with Crippen LogP contribution in [0.2, 0.25) is 5.02 Å². The summed E-state index contributed by atoms with van der Waals surface area (Å²) in [6.07, 6.45) is 1.58. The Kier molecular flexibility index (Phi) is 5.71. The number of methoxy groups -OCH3 is 3. The third-order valence-electron chi connectivity index (χ3n) is 5.45. The number of halogens is 1. The van der Waals surface area contributed by atoms with Crippen LogP contribution >= 0.6 is 11.6 Å². The van der Waals surface area contributed by atoms with Crippen molar-refractivity contribution >= 4 is 29.2 Å². The van der Waals surface area contributed by atoms with Crippen LogP contribution in [0.5, 0.6) is 17.2 Å². The molecule has 0 radical (unpaired) electrons. The lowest BCUT2D eigenvalue weighted by atomic mass is 9.87. The van der Waals surface area contributed by atoms with E-state index in [1.807, 2.05) is 6.07 Å². The van der Waals surface area contributed by atoms with E-state index in [1.54, 1.807) is 34.9 Å². The highest BCUT2D eigenvalue weighted by Crippen LogP contribution is 2.49. The minimum absolute atomic E-state index is 0.0162. The van der Waals surface area contributed by atoms with E-state index in [0.717, 1.165) is 0 Å². The molecule has 1 atom stereocenters. The molecule has 8 nitrogen and oxygen atoms in total. The molecule has 0 aliphatic carbocycles. The standard InChI is InChI=1S/C23H21ClN2O6/c1-30-17-8-7-14(21(31-2)22(17)32-3)15-10-18(27)25-19-16(23(28)29)11-26(20(15)19)13-6-4-5-12(24)9-13/h4-9,11,15H,10H2,1-3H3,(H,25,27)(H,28,29)/t15-/m0/s1. The van der Waals surface area contributed by atoms with Gasteiger partial charge in [-0.15, -0.1) is 0 Å². The van der Waals surface area contributed by atoms with Gasteiger partial charge < -0.3 is 29.2 Å². The van der Waals surface area contributed by atoms with Crippen LogP contribution in [0.1, 0.15) is 34.0 Å². The number of rotatable bonds is 6. The molecule has 0 saturated heterocycles. The minimum atomic E-state index is -1.15. The summed E-state index contributed by atoms with van der Waals surface area (Å²) in [6, 6.07) is 10.6. The summed E-state index contributed by atoms with van der Waals surface area (Å²) in [5.41, 5.74) is 2.17. The first-order chi connectivity index (χ1) is 15.4. The molecule has 2 aromatic carbocycles. The van der Waals surface area contributed by atoms with Gasteiger partial charge in [0.05, 0.1) is 32.7 Å². The van der Waals surface area contributed by atoms with Gasteiger partial charge in [-0.2, -0.15) is 0 Å². The van der Waals surface area contributed by atoms with Crippen LogP contribution < -0.4 is 19.5 Å². The Morgan fingerprint density at radius 3 is 2.50 bits per heavy atom. The van der Waals surface area contributed by atoms with E-state index in [9.17, 15) is 14.7 Å². The summed E-state index contributed by atoms with van der Waals surface area (Å²) in [5.74, 6) is -0.689. The zero-order valence-corrected chi connectivity index (χ0v) is 18.4. The van der Waals surface area contributed by atoms with Crippen LogP contribution in [-0.2, 0) is 4.79 Å². The Labute approximate surface area is 189 Å². The first-order valence-electron chi connectivity index (χ1n) is 9.72. The maximum absolute atomic E-state index is 12.6. The van der Waals surface area contributed by atoms with Gasteiger partial charge in [-0.1, -0.05) is 23.7 Å². The van der Waals surface area contributed by atoms with Gasteiger partial charge in [0.15, 0.2) is 11.5 Å². The minimum Gasteiger partial charge on any atom is -0.493 e. The largest absolute Gasteiger partial charge is 0.493 e. The van der Waals surface area contributed by atoms with Crippen molar-refractivity contribution in [1.29, 1.82) is 0 Å². The fourth-order valence-corrected chi connectivity index (χ4v) is 4.31. The van der Waals surface area contributed by atoms with Crippen LogP contribution in [0.3, 0.4) is 0 Å². The summed E-state index contributed by atoms with van der Waals surface area (Å²) in [4.78, 5) is 24.6. The van der Waals surface area contributed by atoms with Gasteiger partial charge in [-0.25, -0.2) is 4.79 Å². The number of amides is 1. The maximum Gasteiger partial charge on any atom is 0.339 e. The van der Waals surface area contributed by atoms with Gasteiger partial charge in [0.2, 0.25) is 11.7 Å². The number of benzene rings is 2. The molecule has 1 aromatic heterocycles. The summed E-state index contributed by atoms with van der Waals surface area (Å²) in [7, 11) is 4.52. The number of anilines is 1. The van der Waals surface area contributed by atoms with E-state index < -0.39 is 11.9 Å². The number of aromatic nitrogens is 1. The van der Waals surface area contributed by atoms with Gasteiger partial charge in [0, 0.05) is 34.8 Å². The fraction of sp³-hybridized carbons (Fsp3) is 0.217. The molecule has 0 spiro atoms. The summed E-state index contributed by atoms with van der Waals surface area (Å²) in [5, 5.41) is 13.0. The Balaban J connectivity index is 2.01. The van der Waals surface area contributed by atoms with E-state index in [2.05, 4.69) is 5.32 Å². The molecular weight excluding hydrogens is 436 g/mol. The number of carbonyl (C=O) groups excluding carboxylic acids is 1. The number of hydrogen-bond acceptors (Lipinski definition) is 5. The quantitative estimate of drug-likeness (QED) is 0.572. The zero-order valence-electron chi connectivity index (χ0n) is 17.6. The highest BCUT2D eigenvalue weighted by atomic mass is 35.5. The van der Waals surface area contributed by atoms with Crippen molar-refractivity contribution in [3.8, 4) is 22.9 Å². The molecule has 1 amide bonds.